The average Bonchev–Trinajstić information content (AvgIpc) is 3.11. The zero-order valence-corrected chi connectivity index (χ0v) is 13.5. The molecule has 2 aromatic rings. The standard InChI is InChI=1S/C16H15N3O4S/c20-13(12-7-14(15(21)22)24-10-12)2-1-11-8-17-16(18-9-11)19-3-5-23-6-4-19/h1-2,7-10H,3-6H2,(H,21,22)/b2-1+. The van der Waals surface area contributed by atoms with Crippen molar-refractivity contribution in [2.45, 2.75) is 0 Å². The molecule has 1 fully saturated rings. The van der Waals surface area contributed by atoms with Crippen LogP contribution in [-0.4, -0.2) is 53.1 Å². The van der Waals surface area contributed by atoms with Crippen molar-refractivity contribution in [1.29, 1.82) is 0 Å². The van der Waals surface area contributed by atoms with E-state index in [1.54, 1.807) is 18.5 Å². The fourth-order valence-electron chi connectivity index (χ4n) is 2.19. The second-order valence-corrected chi connectivity index (χ2v) is 6.03. The van der Waals surface area contributed by atoms with Gasteiger partial charge in [-0.15, -0.1) is 11.3 Å². The Hall–Kier alpha value is -2.58. The lowest BCUT2D eigenvalue weighted by atomic mass is 10.2. The summed E-state index contributed by atoms with van der Waals surface area (Å²) < 4.78 is 5.29. The van der Waals surface area contributed by atoms with Crippen molar-refractivity contribution >= 4 is 35.1 Å². The minimum atomic E-state index is -1.03. The van der Waals surface area contributed by atoms with Crippen molar-refractivity contribution in [3.63, 3.8) is 0 Å². The van der Waals surface area contributed by atoms with Crippen LogP contribution >= 0.6 is 11.3 Å². The summed E-state index contributed by atoms with van der Waals surface area (Å²) in [6.45, 7) is 2.85. The van der Waals surface area contributed by atoms with E-state index in [0.717, 1.165) is 24.4 Å². The molecule has 0 amide bonds. The first-order chi connectivity index (χ1) is 11.6. The molecular weight excluding hydrogens is 330 g/mol. The van der Waals surface area contributed by atoms with Gasteiger partial charge in [-0.05, 0) is 18.2 Å². The number of ether oxygens (including phenoxy) is 1. The Labute approximate surface area is 142 Å². The van der Waals surface area contributed by atoms with Crippen molar-refractivity contribution < 1.29 is 19.4 Å². The van der Waals surface area contributed by atoms with Gasteiger partial charge in [0.2, 0.25) is 5.95 Å². The monoisotopic (exact) mass is 345 g/mol. The highest BCUT2D eigenvalue weighted by molar-refractivity contribution is 7.12. The highest BCUT2D eigenvalue weighted by Crippen LogP contribution is 2.16. The van der Waals surface area contributed by atoms with Crippen LogP contribution in [0.25, 0.3) is 6.08 Å². The van der Waals surface area contributed by atoms with Gasteiger partial charge in [-0.1, -0.05) is 0 Å². The highest BCUT2D eigenvalue weighted by Gasteiger charge is 2.13. The van der Waals surface area contributed by atoms with Crippen molar-refractivity contribution in [2.24, 2.45) is 0 Å². The Kier molecular flexibility index (Phi) is 4.97. The third kappa shape index (κ3) is 3.84. The molecule has 0 saturated carbocycles. The number of carbonyl (C=O) groups excluding carboxylic acids is 1. The fraction of sp³-hybridized carbons (Fsp3) is 0.250. The molecule has 2 aromatic heterocycles. The molecule has 0 bridgehead atoms. The molecule has 1 saturated heterocycles. The summed E-state index contributed by atoms with van der Waals surface area (Å²) in [5.74, 6) is -0.642. The topological polar surface area (TPSA) is 92.6 Å². The number of aromatic nitrogens is 2. The average molecular weight is 345 g/mol. The van der Waals surface area contributed by atoms with Gasteiger partial charge in [0.25, 0.3) is 0 Å². The SMILES string of the molecule is O=C(/C=C/c1cnc(N2CCOCC2)nc1)c1csc(C(=O)O)c1. The third-order valence-electron chi connectivity index (χ3n) is 3.47. The lowest BCUT2D eigenvalue weighted by Crippen LogP contribution is -2.37. The Bertz CT molecular complexity index is 764. The number of ketones is 1. The van der Waals surface area contributed by atoms with E-state index in [1.165, 1.54) is 17.5 Å². The van der Waals surface area contributed by atoms with Crippen molar-refractivity contribution in [3.8, 4) is 0 Å². The summed E-state index contributed by atoms with van der Waals surface area (Å²) in [7, 11) is 0. The van der Waals surface area contributed by atoms with Gasteiger partial charge in [0.15, 0.2) is 5.78 Å². The van der Waals surface area contributed by atoms with Gasteiger partial charge in [0.1, 0.15) is 4.88 Å². The molecule has 124 valence electrons. The largest absolute Gasteiger partial charge is 0.477 e. The van der Waals surface area contributed by atoms with Gasteiger partial charge in [-0.3, -0.25) is 4.79 Å². The van der Waals surface area contributed by atoms with E-state index < -0.39 is 5.97 Å². The van der Waals surface area contributed by atoms with Crippen LogP contribution in [0.15, 0.2) is 29.9 Å². The van der Waals surface area contributed by atoms with Crippen LogP contribution in [0.2, 0.25) is 0 Å². The summed E-state index contributed by atoms with van der Waals surface area (Å²) in [6, 6.07) is 1.37. The highest BCUT2D eigenvalue weighted by atomic mass is 32.1. The number of aromatic carboxylic acids is 1. The van der Waals surface area contributed by atoms with Gasteiger partial charge in [0, 0.05) is 42.0 Å². The molecule has 0 radical (unpaired) electrons. The van der Waals surface area contributed by atoms with E-state index in [9.17, 15) is 9.59 Å². The number of morpholine rings is 1. The Morgan fingerprint density at radius 2 is 1.96 bits per heavy atom. The van der Waals surface area contributed by atoms with E-state index in [0.29, 0.717) is 30.3 Å². The van der Waals surface area contributed by atoms with Gasteiger partial charge >= 0.3 is 5.97 Å². The van der Waals surface area contributed by atoms with Crippen molar-refractivity contribution in [3.05, 3.63) is 45.9 Å². The third-order valence-corrected chi connectivity index (χ3v) is 4.39. The molecule has 3 heterocycles. The van der Waals surface area contributed by atoms with E-state index in [4.69, 9.17) is 9.84 Å². The normalized spacial score (nSPS) is 14.9. The quantitative estimate of drug-likeness (QED) is 0.654. The first-order valence-electron chi connectivity index (χ1n) is 7.32. The number of anilines is 1. The fourth-order valence-corrected chi connectivity index (χ4v) is 2.92. The van der Waals surface area contributed by atoms with Gasteiger partial charge in [0.05, 0.1) is 13.2 Å². The number of carbonyl (C=O) groups is 2. The van der Waals surface area contributed by atoms with Gasteiger partial charge in [-0.25, -0.2) is 14.8 Å². The number of rotatable bonds is 5. The maximum Gasteiger partial charge on any atom is 0.345 e. The molecular formula is C16H15N3O4S. The van der Waals surface area contributed by atoms with Gasteiger partial charge in [-0.2, -0.15) is 0 Å². The molecule has 1 N–H and O–H groups in total. The van der Waals surface area contributed by atoms with Crippen molar-refractivity contribution in [2.75, 3.05) is 31.2 Å². The number of nitrogens with zero attached hydrogens (tertiary/aromatic N) is 3. The maximum atomic E-state index is 12.0. The molecule has 0 aromatic carbocycles. The van der Waals surface area contributed by atoms with E-state index in [1.807, 2.05) is 4.90 Å². The molecule has 0 spiro atoms. The summed E-state index contributed by atoms with van der Waals surface area (Å²) >= 11 is 1.03. The second kappa shape index (κ2) is 7.33. The molecule has 0 atom stereocenters. The molecule has 0 aliphatic carbocycles. The van der Waals surface area contributed by atoms with Crippen LogP contribution in [0, 0.1) is 0 Å². The second-order valence-electron chi connectivity index (χ2n) is 5.12. The number of hydrogen-bond donors (Lipinski definition) is 1. The summed E-state index contributed by atoms with van der Waals surface area (Å²) in [6.07, 6.45) is 6.31. The Morgan fingerprint density at radius 1 is 1.25 bits per heavy atom. The molecule has 7 nitrogen and oxygen atoms in total. The number of carboxylic acids is 1. The number of carboxylic acid groups (broad SMARTS) is 1. The molecule has 1 aliphatic rings. The summed E-state index contributed by atoms with van der Waals surface area (Å²) in [5, 5.41) is 10.4. The first kappa shape index (κ1) is 16.3. The molecule has 1 aliphatic heterocycles. The lowest BCUT2D eigenvalue weighted by Gasteiger charge is -2.26. The molecule has 3 rings (SSSR count). The smallest absolute Gasteiger partial charge is 0.345 e. The van der Waals surface area contributed by atoms with Crippen LogP contribution in [0.4, 0.5) is 5.95 Å². The van der Waals surface area contributed by atoms with Crippen LogP contribution < -0.4 is 4.90 Å². The van der Waals surface area contributed by atoms with Crippen LogP contribution in [0.3, 0.4) is 0 Å². The van der Waals surface area contributed by atoms with E-state index in [2.05, 4.69) is 9.97 Å². The minimum Gasteiger partial charge on any atom is -0.477 e. The van der Waals surface area contributed by atoms with E-state index in [-0.39, 0.29) is 10.7 Å². The number of hydrogen-bond acceptors (Lipinski definition) is 7. The van der Waals surface area contributed by atoms with E-state index >= 15 is 0 Å². The Balaban J connectivity index is 1.65. The summed E-state index contributed by atoms with van der Waals surface area (Å²) in [4.78, 5) is 33.7. The van der Waals surface area contributed by atoms with Crippen LogP contribution in [-0.2, 0) is 4.74 Å². The first-order valence-corrected chi connectivity index (χ1v) is 8.20. The number of allylic oxidation sites excluding steroid dienone is 1. The molecule has 24 heavy (non-hydrogen) atoms. The zero-order chi connectivity index (χ0) is 16.9. The minimum absolute atomic E-state index is 0.143. The number of thiophene rings is 1. The van der Waals surface area contributed by atoms with Crippen LogP contribution in [0.1, 0.15) is 25.6 Å². The van der Waals surface area contributed by atoms with Crippen LogP contribution in [0.5, 0.6) is 0 Å². The lowest BCUT2D eigenvalue weighted by molar-refractivity contribution is 0.0702. The molecule has 0 unspecified atom stereocenters. The summed E-state index contributed by atoms with van der Waals surface area (Å²) in [5.41, 5.74) is 1.06. The molecule has 8 heteroatoms. The Morgan fingerprint density at radius 3 is 2.58 bits per heavy atom. The zero-order valence-electron chi connectivity index (χ0n) is 12.7. The van der Waals surface area contributed by atoms with Crippen molar-refractivity contribution in [1.82, 2.24) is 9.97 Å². The van der Waals surface area contributed by atoms with Gasteiger partial charge < -0.3 is 14.7 Å². The predicted octanol–water partition coefficient (Wildman–Crippen LogP) is 1.97. The predicted molar refractivity (Wildman–Crippen MR) is 89.7 cm³/mol. The maximum absolute atomic E-state index is 12.0.